The Morgan fingerprint density at radius 3 is 1.94 bits per heavy atom. The number of hydrogen-bond donors (Lipinski definition) is 0. The van der Waals surface area contributed by atoms with Crippen LogP contribution in [0.25, 0.3) is 0 Å². The molecule has 0 unspecified atom stereocenters. The second-order valence-electron chi connectivity index (χ2n) is 6.83. The van der Waals surface area contributed by atoms with Gasteiger partial charge in [0.25, 0.3) is 6.29 Å². The molecular formula is C19H13F9O4. The summed E-state index contributed by atoms with van der Waals surface area (Å²) in [5.74, 6) is -13.2. The van der Waals surface area contributed by atoms with E-state index in [4.69, 9.17) is 9.47 Å². The van der Waals surface area contributed by atoms with Crippen molar-refractivity contribution in [2.24, 2.45) is 5.92 Å². The molecule has 32 heavy (non-hydrogen) atoms. The molecule has 13 heteroatoms. The first-order chi connectivity index (χ1) is 14.8. The van der Waals surface area contributed by atoms with E-state index >= 15 is 0 Å². The van der Waals surface area contributed by atoms with E-state index in [1.54, 1.807) is 6.92 Å². The molecule has 0 N–H and O–H groups in total. The van der Waals surface area contributed by atoms with Crippen LogP contribution in [0.15, 0.2) is 24.3 Å². The second-order valence-corrected chi connectivity index (χ2v) is 6.83. The highest BCUT2D eigenvalue weighted by Gasteiger charge is 2.48. The maximum absolute atomic E-state index is 14.2. The maximum Gasteiger partial charge on any atom is 0.451 e. The fraction of sp³-hybridized carbons (Fsp3) is 0.368. The predicted octanol–water partition coefficient (Wildman–Crippen LogP) is 5.49. The molecule has 4 nitrogen and oxygen atoms in total. The lowest BCUT2D eigenvalue weighted by molar-refractivity contribution is -0.351. The molecule has 1 aliphatic rings. The van der Waals surface area contributed by atoms with Crippen molar-refractivity contribution in [2.45, 2.75) is 25.4 Å². The van der Waals surface area contributed by atoms with Gasteiger partial charge in [-0.1, -0.05) is 6.92 Å². The number of benzene rings is 2. The Labute approximate surface area is 174 Å². The van der Waals surface area contributed by atoms with Gasteiger partial charge in [0.1, 0.15) is 11.3 Å². The monoisotopic (exact) mass is 476 g/mol. The number of hydrogen-bond acceptors (Lipinski definition) is 4. The first-order valence-electron chi connectivity index (χ1n) is 8.81. The molecule has 0 radical (unpaired) electrons. The summed E-state index contributed by atoms with van der Waals surface area (Å²) in [4.78, 5) is 0. The van der Waals surface area contributed by atoms with Crippen molar-refractivity contribution in [3.8, 4) is 11.5 Å². The molecule has 1 fully saturated rings. The largest absolute Gasteiger partial charge is 0.451 e. The van der Waals surface area contributed by atoms with Crippen LogP contribution in [-0.4, -0.2) is 25.6 Å². The maximum atomic E-state index is 14.2. The molecule has 0 spiro atoms. The van der Waals surface area contributed by atoms with E-state index in [9.17, 15) is 39.5 Å². The molecule has 0 aliphatic carbocycles. The van der Waals surface area contributed by atoms with E-state index in [1.165, 1.54) is 0 Å². The van der Waals surface area contributed by atoms with Crippen LogP contribution in [0, 0.1) is 35.0 Å². The minimum atomic E-state index is -4.74. The van der Waals surface area contributed by atoms with Gasteiger partial charge in [-0.2, -0.15) is 22.0 Å². The van der Waals surface area contributed by atoms with Crippen molar-refractivity contribution in [3.63, 3.8) is 0 Å². The van der Waals surface area contributed by atoms with Crippen molar-refractivity contribution in [2.75, 3.05) is 13.2 Å². The summed E-state index contributed by atoms with van der Waals surface area (Å²) in [6.45, 7) is 1.38. The quantitative estimate of drug-likeness (QED) is 0.408. The second kappa shape index (κ2) is 8.70. The van der Waals surface area contributed by atoms with Gasteiger partial charge in [0.2, 0.25) is 5.82 Å². The van der Waals surface area contributed by atoms with Crippen molar-refractivity contribution >= 4 is 0 Å². The highest BCUT2D eigenvalue weighted by Crippen LogP contribution is 2.38. The predicted molar refractivity (Wildman–Crippen MR) is 87.6 cm³/mol. The van der Waals surface area contributed by atoms with Gasteiger partial charge >= 0.3 is 12.2 Å². The summed E-state index contributed by atoms with van der Waals surface area (Å²) in [5, 5.41) is 0. The zero-order valence-corrected chi connectivity index (χ0v) is 15.9. The lowest BCUT2D eigenvalue weighted by Crippen LogP contribution is -2.47. The molecule has 0 bridgehead atoms. The Morgan fingerprint density at radius 2 is 1.38 bits per heavy atom. The summed E-state index contributed by atoms with van der Waals surface area (Å²) >= 11 is 0. The molecule has 3 rings (SSSR count). The molecule has 2 aromatic carbocycles. The van der Waals surface area contributed by atoms with Crippen molar-refractivity contribution in [1.29, 1.82) is 0 Å². The highest BCUT2D eigenvalue weighted by molar-refractivity contribution is 5.34. The summed E-state index contributed by atoms with van der Waals surface area (Å²) < 4.78 is 142. The molecule has 0 aromatic heterocycles. The van der Waals surface area contributed by atoms with E-state index < -0.39 is 64.7 Å². The highest BCUT2D eigenvalue weighted by atomic mass is 19.3. The van der Waals surface area contributed by atoms with Gasteiger partial charge in [-0.15, -0.1) is 0 Å². The van der Waals surface area contributed by atoms with E-state index in [0.717, 1.165) is 0 Å². The molecule has 0 atom stereocenters. The van der Waals surface area contributed by atoms with Gasteiger partial charge in [-0.3, -0.25) is 0 Å². The molecule has 1 heterocycles. The lowest BCUT2D eigenvalue weighted by Gasteiger charge is -2.32. The zero-order valence-electron chi connectivity index (χ0n) is 15.9. The Hall–Kier alpha value is -2.67. The average molecular weight is 476 g/mol. The van der Waals surface area contributed by atoms with Gasteiger partial charge in [0.15, 0.2) is 29.0 Å². The van der Waals surface area contributed by atoms with Crippen molar-refractivity contribution < 1.29 is 58.5 Å². The van der Waals surface area contributed by atoms with E-state index in [1.807, 2.05) is 0 Å². The SMILES string of the molecule is CC1COC(C(F)(F)Oc2ccc(C(F)(F)Oc3cc(F)c(F)c(F)c3)c(F)c2F)OC1. The van der Waals surface area contributed by atoms with Crippen LogP contribution in [0.5, 0.6) is 11.5 Å². The van der Waals surface area contributed by atoms with Gasteiger partial charge in [-0.05, 0) is 12.1 Å². The number of halogens is 9. The van der Waals surface area contributed by atoms with Crippen LogP contribution in [-0.2, 0) is 15.6 Å². The molecule has 2 aromatic rings. The minimum absolute atomic E-state index is 0.0453. The average Bonchev–Trinajstić information content (AvgIpc) is 2.69. The number of ether oxygens (including phenoxy) is 4. The van der Waals surface area contributed by atoms with Crippen molar-refractivity contribution in [1.82, 2.24) is 0 Å². The van der Waals surface area contributed by atoms with Crippen LogP contribution in [0.4, 0.5) is 39.5 Å². The van der Waals surface area contributed by atoms with Gasteiger partial charge < -0.3 is 18.9 Å². The molecule has 176 valence electrons. The minimum Gasteiger partial charge on any atom is -0.429 e. The summed E-state index contributed by atoms with van der Waals surface area (Å²) in [5.41, 5.74) is -1.81. The zero-order chi connectivity index (χ0) is 23.8. The Bertz CT molecular complexity index is 968. The molecular weight excluding hydrogens is 463 g/mol. The smallest absolute Gasteiger partial charge is 0.429 e. The third kappa shape index (κ3) is 4.88. The van der Waals surface area contributed by atoms with Gasteiger partial charge in [0.05, 0.1) is 13.2 Å². The number of rotatable bonds is 6. The fourth-order valence-corrected chi connectivity index (χ4v) is 2.62. The topological polar surface area (TPSA) is 36.9 Å². The van der Waals surface area contributed by atoms with Crippen LogP contribution < -0.4 is 9.47 Å². The Kier molecular flexibility index (Phi) is 6.52. The van der Waals surface area contributed by atoms with Crippen molar-refractivity contribution in [3.05, 3.63) is 58.9 Å². The Balaban J connectivity index is 1.83. The standard InChI is InChI=1S/C19H13F9O4/c1-8-6-29-17(30-7-8)19(27,28)32-13-3-2-10(14(22)16(13)24)18(25,26)31-9-4-11(20)15(23)12(21)5-9/h2-5,8,17H,6-7H2,1H3. The first-order valence-corrected chi connectivity index (χ1v) is 8.81. The first kappa shape index (κ1) is 24.0. The molecule has 0 saturated carbocycles. The fourth-order valence-electron chi connectivity index (χ4n) is 2.62. The van der Waals surface area contributed by atoms with E-state index in [2.05, 4.69) is 9.47 Å². The third-order valence-corrected chi connectivity index (χ3v) is 4.15. The Morgan fingerprint density at radius 1 is 0.812 bits per heavy atom. The van der Waals surface area contributed by atoms with E-state index in [-0.39, 0.29) is 43.4 Å². The van der Waals surface area contributed by atoms with Gasteiger partial charge in [0, 0.05) is 18.1 Å². The normalized spacial score (nSPS) is 19.7. The lowest BCUT2D eigenvalue weighted by atomic mass is 10.1. The van der Waals surface area contributed by atoms with Crippen LogP contribution >= 0.6 is 0 Å². The summed E-state index contributed by atoms with van der Waals surface area (Å²) in [6, 6.07) is 0.508. The number of alkyl halides is 4. The van der Waals surface area contributed by atoms with Gasteiger partial charge in [-0.25, -0.2) is 17.6 Å². The van der Waals surface area contributed by atoms with Crippen LogP contribution in [0.1, 0.15) is 12.5 Å². The third-order valence-electron chi connectivity index (χ3n) is 4.15. The van der Waals surface area contributed by atoms with Crippen LogP contribution in [0.3, 0.4) is 0 Å². The summed E-state index contributed by atoms with van der Waals surface area (Å²) in [6.07, 6.45) is -11.3. The molecule has 1 saturated heterocycles. The molecule has 0 amide bonds. The molecule has 1 aliphatic heterocycles. The summed E-state index contributed by atoms with van der Waals surface area (Å²) in [7, 11) is 0. The van der Waals surface area contributed by atoms with E-state index in [0.29, 0.717) is 0 Å². The van der Waals surface area contributed by atoms with Crippen LogP contribution in [0.2, 0.25) is 0 Å².